The van der Waals surface area contributed by atoms with Crippen molar-refractivity contribution in [3.63, 3.8) is 0 Å². The molecule has 0 saturated heterocycles. The lowest BCUT2D eigenvalue weighted by Crippen LogP contribution is -2.41. The molecule has 1 heterocycles. The van der Waals surface area contributed by atoms with Crippen molar-refractivity contribution in [3.8, 4) is 0 Å². The molecule has 0 bridgehead atoms. The smallest absolute Gasteiger partial charge is 0.329 e. The zero-order chi connectivity index (χ0) is 18.0. The number of aromatic amines is 1. The summed E-state index contributed by atoms with van der Waals surface area (Å²) in [6, 6.07) is 12.0. The highest BCUT2D eigenvalue weighted by atomic mass is 19.1. The van der Waals surface area contributed by atoms with Crippen LogP contribution in [0.25, 0.3) is 10.9 Å². The third-order valence-corrected chi connectivity index (χ3v) is 3.92. The number of para-hydroxylation sites is 1. The van der Waals surface area contributed by atoms with Crippen LogP contribution in [0.2, 0.25) is 0 Å². The van der Waals surface area contributed by atoms with Gasteiger partial charge in [-0.2, -0.15) is 0 Å². The van der Waals surface area contributed by atoms with E-state index in [9.17, 15) is 18.8 Å². The third kappa shape index (κ3) is 3.50. The molecule has 25 heavy (non-hydrogen) atoms. The van der Waals surface area contributed by atoms with Crippen molar-refractivity contribution in [1.29, 1.82) is 0 Å². The van der Waals surface area contributed by atoms with Gasteiger partial charge in [-0.15, -0.1) is 0 Å². The van der Waals surface area contributed by atoms with Gasteiger partial charge < -0.3 is 10.3 Å². The fourth-order valence-corrected chi connectivity index (χ4v) is 2.63. The molecule has 1 atom stereocenters. The van der Waals surface area contributed by atoms with Crippen LogP contribution in [0, 0.1) is 5.82 Å². The van der Waals surface area contributed by atoms with E-state index in [1.165, 1.54) is 12.1 Å². The minimum atomic E-state index is -0.655. The van der Waals surface area contributed by atoms with Gasteiger partial charge >= 0.3 is 5.69 Å². The third-order valence-electron chi connectivity index (χ3n) is 3.92. The van der Waals surface area contributed by atoms with Gasteiger partial charge in [-0.1, -0.05) is 24.3 Å². The maximum absolute atomic E-state index is 13.3. The summed E-state index contributed by atoms with van der Waals surface area (Å²) in [5, 5.41) is 2.98. The van der Waals surface area contributed by atoms with Crippen molar-refractivity contribution in [3.05, 3.63) is 80.7 Å². The molecule has 128 valence electrons. The van der Waals surface area contributed by atoms with E-state index in [4.69, 9.17) is 0 Å². The molecule has 0 spiro atoms. The van der Waals surface area contributed by atoms with Gasteiger partial charge in [0.2, 0.25) is 5.91 Å². The summed E-state index contributed by atoms with van der Waals surface area (Å²) in [6.07, 6.45) is 0. The fourth-order valence-electron chi connectivity index (χ4n) is 2.63. The van der Waals surface area contributed by atoms with Crippen molar-refractivity contribution in [1.82, 2.24) is 14.9 Å². The second-order valence-electron chi connectivity index (χ2n) is 5.71. The Morgan fingerprint density at radius 2 is 1.96 bits per heavy atom. The molecule has 1 amide bonds. The van der Waals surface area contributed by atoms with Gasteiger partial charge in [-0.05, 0) is 36.8 Å². The molecule has 0 saturated carbocycles. The van der Waals surface area contributed by atoms with Crippen LogP contribution in [-0.4, -0.2) is 15.5 Å². The average Bonchev–Trinajstić information content (AvgIpc) is 2.58. The van der Waals surface area contributed by atoms with Crippen LogP contribution in [0.1, 0.15) is 18.5 Å². The molecule has 0 aliphatic rings. The highest BCUT2D eigenvalue weighted by Crippen LogP contribution is 2.13. The lowest BCUT2D eigenvalue weighted by atomic mass is 10.1. The molecule has 2 aromatic carbocycles. The molecule has 0 aliphatic heterocycles. The lowest BCUT2D eigenvalue weighted by Gasteiger charge is -2.15. The first kappa shape index (κ1) is 16.6. The summed E-state index contributed by atoms with van der Waals surface area (Å²) in [4.78, 5) is 39.2. The maximum atomic E-state index is 13.3. The zero-order valence-electron chi connectivity index (χ0n) is 13.5. The van der Waals surface area contributed by atoms with Gasteiger partial charge in [0.15, 0.2) is 0 Å². The number of fused-ring (bicyclic) bond motifs is 1. The predicted octanol–water partition coefficient (Wildman–Crippen LogP) is 1.71. The van der Waals surface area contributed by atoms with Crippen molar-refractivity contribution in [2.45, 2.75) is 19.5 Å². The molecule has 2 N–H and O–H groups in total. The first-order valence-electron chi connectivity index (χ1n) is 7.72. The van der Waals surface area contributed by atoms with Crippen LogP contribution >= 0.6 is 0 Å². The van der Waals surface area contributed by atoms with Crippen LogP contribution in [0.15, 0.2) is 58.1 Å². The first-order chi connectivity index (χ1) is 12.0. The topological polar surface area (TPSA) is 84.0 Å². The predicted molar refractivity (Wildman–Crippen MR) is 91.8 cm³/mol. The summed E-state index contributed by atoms with van der Waals surface area (Å²) in [6.45, 7) is 1.28. The number of carbonyl (C=O) groups is 1. The average molecular weight is 341 g/mol. The summed E-state index contributed by atoms with van der Waals surface area (Å²) < 4.78 is 14.1. The molecule has 7 heteroatoms. The monoisotopic (exact) mass is 341 g/mol. The number of carbonyl (C=O) groups excluding carboxylic acids is 1. The number of nitrogens with one attached hydrogen (secondary N) is 2. The Balaban J connectivity index is 1.83. The fraction of sp³-hybridized carbons (Fsp3) is 0.167. The molecular weight excluding hydrogens is 325 g/mol. The molecule has 1 unspecified atom stereocenters. The number of nitrogens with zero attached hydrogens (tertiary/aromatic N) is 1. The van der Waals surface area contributed by atoms with Gasteiger partial charge in [-0.25, -0.2) is 9.18 Å². The highest BCUT2D eigenvalue weighted by Gasteiger charge is 2.14. The Hall–Kier alpha value is -3.22. The van der Waals surface area contributed by atoms with Crippen LogP contribution in [0.4, 0.5) is 4.39 Å². The number of halogens is 1. The van der Waals surface area contributed by atoms with Crippen molar-refractivity contribution >= 4 is 16.8 Å². The molecule has 0 radical (unpaired) electrons. The molecule has 0 aliphatic carbocycles. The second kappa shape index (κ2) is 6.72. The second-order valence-corrected chi connectivity index (χ2v) is 5.71. The van der Waals surface area contributed by atoms with E-state index in [1.807, 2.05) is 0 Å². The Morgan fingerprint density at radius 3 is 2.72 bits per heavy atom. The Morgan fingerprint density at radius 1 is 1.20 bits per heavy atom. The van der Waals surface area contributed by atoms with Crippen LogP contribution in [0.3, 0.4) is 0 Å². The molecule has 0 fully saturated rings. The van der Waals surface area contributed by atoms with Crippen molar-refractivity contribution in [2.24, 2.45) is 0 Å². The molecule has 3 rings (SSSR count). The summed E-state index contributed by atoms with van der Waals surface area (Å²) >= 11 is 0. The van der Waals surface area contributed by atoms with Crippen LogP contribution in [-0.2, 0) is 11.3 Å². The minimum absolute atomic E-state index is 0.327. The number of aromatic nitrogens is 2. The van der Waals surface area contributed by atoms with E-state index in [2.05, 4.69) is 10.3 Å². The largest absolute Gasteiger partial charge is 0.348 e. The van der Waals surface area contributed by atoms with Crippen molar-refractivity contribution < 1.29 is 9.18 Å². The SMILES string of the molecule is CC(NC(=O)Cn1c(=O)[nH]c2ccccc2c1=O)c1cccc(F)c1. The zero-order valence-corrected chi connectivity index (χ0v) is 13.5. The number of H-pyrrole nitrogens is 1. The number of amides is 1. The van der Waals surface area contributed by atoms with Gasteiger partial charge in [-0.3, -0.25) is 14.2 Å². The van der Waals surface area contributed by atoms with Crippen LogP contribution in [0.5, 0.6) is 0 Å². The van der Waals surface area contributed by atoms with E-state index >= 15 is 0 Å². The summed E-state index contributed by atoms with van der Waals surface area (Å²) in [7, 11) is 0. The van der Waals surface area contributed by atoms with E-state index < -0.39 is 35.6 Å². The van der Waals surface area contributed by atoms with Gasteiger partial charge in [0, 0.05) is 0 Å². The van der Waals surface area contributed by atoms with E-state index in [0.717, 1.165) is 4.57 Å². The van der Waals surface area contributed by atoms with E-state index in [-0.39, 0.29) is 0 Å². The molecule has 1 aromatic heterocycles. The first-order valence-corrected chi connectivity index (χ1v) is 7.72. The number of benzene rings is 2. The van der Waals surface area contributed by atoms with Crippen LogP contribution < -0.4 is 16.6 Å². The quantitative estimate of drug-likeness (QED) is 0.758. The van der Waals surface area contributed by atoms with Gasteiger partial charge in [0.05, 0.1) is 16.9 Å². The Labute approximate surface area is 141 Å². The number of hydrogen-bond donors (Lipinski definition) is 2. The molecule has 6 nitrogen and oxygen atoms in total. The van der Waals surface area contributed by atoms with E-state index in [1.54, 1.807) is 43.3 Å². The molecule has 3 aromatic rings. The lowest BCUT2D eigenvalue weighted by molar-refractivity contribution is -0.122. The maximum Gasteiger partial charge on any atom is 0.329 e. The molecular formula is C18H16FN3O3. The normalized spacial score (nSPS) is 12.1. The van der Waals surface area contributed by atoms with Crippen molar-refractivity contribution in [2.75, 3.05) is 0 Å². The van der Waals surface area contributed by atoms with E-state index in [0.29, 0.717) is 16.5 Å². The Kier molecular flexibility index (Phi) is 4.47. The Bertz CT molecular complexity index is 1060. The summed E-state index contributed by atoms with van der Waals surface area (Å²) in [5.74, 6) is -0.916. The number of rotatable bonds is 4. The minimum Gasteiger partial charge on any atom is -0.348 e. The van der Waals surface area contributed by atoms with Gasteiger partial charge in [0.25, 0.3) is 5.56 Å². The standard InChI is InChI=1S/C18H16FN3O3/c1-11(12-5-4-6-13(19)9-12)20-16(23)10-22-17(24)14-7-2-3-8-15(14)21-18(22)25/h2-9,11H,10H2,1H3,(H,20,23)(H,21,25). The van der Waals surface area contributed by atoms with Gasteiger partial charge in [0.1, 0.15) is 12.4 Å². The summed E-state index contributed by atoms with van der Waals surface area (Å²) in [5.41, 5.74) is -0.180. The number of hydrogen-bond acceptors (Lipinski definition) is 3. The highest BCUT2D eigenvalue weighted by molar-refractivity contribution is 5.79.